The number of rotatable bonds is 5. The maximum absolute atomic E-state index is 11.9. The summed E-state index contributed by atoms with van der Waals surface area (Å²) in [7, 11) is 0. The Bertz CT molecular complexity index is 652. The van der Waals surface area contributed by atoms with Crippen LogP contribution < -0.4 is 5.32 Å². The first-order valence-electron chi connectivity index (χ1n) is 6.75. The molecule has 0 aliphatic heterocycles. The minimum absolute atomic E-state index is 0.0737. The van der Waals surface area contributed by atoms with E-state index in [1.165, 1.54) is 18.2 Å². The molecule has 0 radical (unpaired) electrons. The van der Waals surface area contributed by atoms with E-state index in [0.717, 1.165) is 24.4 Å². The molecule has 0 saturated heterocycles. The Balaban J connectivity index is 1.84. The number of hydrogen-bond acceptors (Lipinski definition) is 3. The summed E-state index contributed by atoms with van der Waals surface area (Å²) in [6.45, 7) is 5.19. The number of carbonyl (C=O) groups is 1. The maximum Gasteiger partial charge on any atom is 0.255 e. The number of hydrogen-bond donors (Lipinski definition) is 2. The van der Waals surface area contributed by atoms with Gasteiger partial charge >= 0.3 is 0 Å². The normalized spacial score (nSPS) is 10.6. The fraction of sp³-hybridized carbons (Fsp3) is 0.333. The lowest BCUT2D eigenvalue weighted by atomic mass is 10.2. The molecule has 0 spiro atoms. The zero-order valence-electron chi connectivity index (χ0n) is 12.1. The molecular formula is C15H18ClN3O2. The predicted octanol–water partition coefficient (Wildman–Crippen LogP) is 2.68. The topological polar surface area (TPSA) is 67.2 Å². The molecule has 0 unspecified atom stereocenters. The van der Waals surface area contributed by atoms with Gasteiger partial charge in [-0.1, -0.05) is 11.6 Å². The smallest absolute Gasteiger partial charge is 0.255 e. The van der Waals surface area contributed by atoms with Crippen molar-refractivity contribution >= 4 is 17.5 Å². The Morgan fingerprint density at radius 2 is 2.14 bits per heavy atom. The van der Waals surface area contributed by atoms with Crippen LogP contribution in [0.4, 0.5) is 0 Å². The molecule has 0 atom stereocenters. The average molecular weight is 308 g/mol. The zero-order valence-corrected chi connectivity index (χ0v) is 12.8. The molecular weight excluding hydrogens is 290 g/mol. The van der Waals surface area contributed by atoms with Gasteiger partial charge in [0.15, 0.2) is 0 Å². The van der Waals surface area contributed by atoms with Crippen LogP contribution in [0.1, 0.15) is 28.2 Å². The molecule has 1 aromatic carbocycles. The van der Waals surface area contributed by atoms with Crippen molar-refractivity contribution in [2.75, 3.05) is 6.54 Å². The van der Waals surface area contributed by atoms with Crippen LogP contribution in [-0.2, 0) is 6.54 Å². The number of nitrogens with zero attached hydrogens (tertiary/aromatic N) is 2. The zero-order chi connectivity index (χ0) is 15.4. The quantitative estimate of drug-likeness (QED) is 0.835. The number of phenolic OH excluding ortho intramolecular Hbond substituents is 1. The molecule has 0 aliphatic carbocycles. The predicted molar refractivity (Wildman–Crippen MR) is 81.8 cm³/mol. The summed E-state index contributed by atoms with van der Waals surface area (Å²) >= 11 is 5.82. The highest BCUT2D eigenvalue weighted by molar-refractivity contribution is 6.31. The molecule has 1 aromatic heterocycles. The number of carbonyl (C=O) groups excluding carboxylic acids is 1. The van der Waals surface area contributed by atoms with E-state index in [0.29, 0.717) is 11.6 Å². The number of aromatic nitrogens is 2. The van der Waals surface area contributed by atoms with E-state index in [1.54, 1.807) is 0 Å². The van der Waals surface area contributed by atoms with Crippen LogP contribution in [0, 0.1) is 13.8 Å². The molecule has 1 heterocycles. The van der Waals surface area contributed by atoms with Gasteiger partial charge in [0, 0.05) is 23.8 Å². The first-order chi connectivity index (χ1) is 9.97. The lowest BCUT2D eigenvalue weighted by molar-refractivity contribution is 0.0950. The van der Waals surface area contributed by atoms with Crippen molar-refractivity contribution < 1.29 is 9.90 Å². The molecule has 1 amide bonds. The molecule has 112 valence electrons. The largest absolute Gasteiger partial charge is 0.507 e. The van der Waals surface area contributed by atoms with Gasteiger partial charge in [-0.2, -0.15) is 5.10 Å². The van der Waals surface area contributed by atoms with E-state index in [4.69, 9.17) is 11.6 Å². The summed E-state index contributed by atoms with van der Waals surface area (Å²) in [5.74, 6) is -0.404. The second-order valence-electron chi connectivity index (χ2n) is 4.92. The van der Waals surface area contributed by atoms with Crippen LogP contribution in [-0.4, -0.2) is 27.3 Å². The van der Waals surface area contributed by atoms with Crippen LogP contribution in [0.25, 0.3) is 0 Å². The molecule has 0 fully saturated rings. The van der Waals surface area contributed by atoms with E-state index < -0.39 is 0 Å². The maximum atomic E-state index is 11.9. The second-order valence-corrected chi connectivity index (χ2v) is 5.36. The minimum atomic E-state index is -0.330. The van der Waals surface area contributed by atoms with Crippen molar-refractivity contribution in [1.29, 1.82) is 0 Å². The number of aromatic hydroxyl groups is 1. The molecule has 2 N–H and O–H groups in total. The Morgan fingerprint density at radius 3 is 2.81 bits per heavy atom. The molecule has 5 nitrogen and oxygen atoms in total. The highest BCUT2D eigenvalue weighted by atomic mass is 35.5. The molecule has 2 rings (SSSR count). The Kier molecular flexibility index (Phi) is 4.85. The van der Waals surface area contributed by atoms with Crippen molar-refractivity contribution in [2.45, 2.75) is 26.8 Å². The lowest BCUT2D eigenvalue weighted by Gasteiger charge is -2.08. The Hall–Kier alpha value is -2.01. The third-order valence-corrected chi connectivity index (χ3v) is 3.37. The summed E-state index contributed by atoms with van der Waals surface area (Å²) in [5, 5.41) is 17.2. The lowest BCUT2D eigenvalue weighted by Crippen LogP contribution is -2.25. The molecule has 21 heavy (non-hydrogen) atoms. The third kappa shape index (κ3) is 3.98. The van der Waals surface area contributed by atoms with Gasteiger partial charge in [0.1, 0.15) is 5.75 Å². The van der Waals surface area contributed by atoms with Crippen LogP contribution in [0.15, 0.2) is 24.3 Å². The van der Waals surface area contributed by atoms with Crippen molar-refractivity contribution in [2.24, 2.45) is 0 Å². The summed E-state index contributed by atoms with van der Waals surface area (Å²) in [6.07, 6.45) is 0.759. The Labute approximate surface area is 128 Å². The van der Waals surface area contributed by atoms with E-state index in [9.17, 15) is 9.90 Å². The second kappa shape index (κ2) is 6.63. The van der Waals surface area contributed by atoms with Crippen molar-refractivity contribution in [3.05, 3.63) is 46.2 Å². The fourth-order valence-electron chi connectivity index (χ4n) is 2.12. The van der Waals surface area contributed by atoms with Gasteiger partial charge < -0.3 is 10.4 Å². The van der Waals surface area contributed by atoms with Crippen LogP contribution in [0.3, 0.4) is 0 Å². The highest BCUT2D eigenvalue weighted by Gasteiger charge is 2.11. The van der Waals surface area contributed by atoms with Crippen LogP contribution in [0.2, 0.25) is 5.02 Å². The van der Waals surface area contributed by atoms with Gasteiger partial charge in [0.2, 0.25) is 0 Å². The molecule has 2 aromatic rings. The van der Waals surface area contributed by atoms with Gasteiger partial charge in [-0.05, 0) is 44.5 Å². The van der Waals surface area contributed by atoms with Crippen LogP contribution >= 0.6 is 11.6 Å². The number of nitrogens with one attached hydrogen (secondary N) is 1. The van der Waals surface area contributed by atoms with E-state index in [2.05, 4.69) is 10.4 Å². The molecule has 0 bridgehead atoms. The molecule has 0 aliphatic rings. The SMILES string of the molecule is Cc1cc(C)n(CCCNC(=O)c2cc(Cl)ccc2O)n1. The fourth-order valence-corrected chi connectivity index (χ4v) is 2.29. The van der Waals surface area contributed by atoms with Gasteiger partial charge in [0.25, 0.3) is 5.91 Å². The summed E-state index contributed by atoms with van der Waals surface area (Å²) in [5.41, 5.74) is 2.28. The van der Waals surface area contributed by atoms with Crippen molar-refractivity contribution in [3.63, 3.8) is 0 Å². The van der Waals surface area contributed by atoms with E-state index >= 15 is 0 Å². The monoisotopic (exact) mass is 307 g/mol. The summed E-state index contributed by atoms with van der Waals surface area (Å²) in [6, 6.07) is 6.42. The van der Waals surface area contributed by atoms with Gasteiger partial charge in [-0.15, -0.1) is 0 Å². The van der Waals surface area contributed by atoms with E-state index in [-0.39, 0.29) is 17.2 Å². The van der Waals surface area contributed by atoms with Crippen molar-refractivity contribution in [3.8, 4) is 5.75 Å². The number of amides is 1. The number of halogens is 1. The summed E-state index contributed by atoms with van der Waals surface area (Å²) in [4.78, 5) is 11.9. The first-order valence-corrected chi connectivity index (χ1v) is 7.13. The van der Waals surface area contributed by atoms with Crippen molar-refractivity contribution in [1.82, 2.24) is 15.1 Å². The highest BCUT2D eigenvalue weighted by Crippen LogP contribution is 2.21. The minimum Gasteiger partial charge on any atom is -0.507 e. The number of aryl methyl sites for hydroxylation is 3. The van der Waals surface area contributed by atoms with Gasteiger partial charge in [-0.25, -0.2) is 0 Å². The van der Waals surface area contributed by atoms with Gasteiger partial charge in [0.05, 0.1) is 11.3 Å². The third-order valence-electron chi connectivity index (χ3n) is 3.14. The Morgan fingerprint density at radius 1 is 1.38 bits per heavy atom. The standard InChI is InChI=1S/C15H18ClN3O2/c1-10-8-11(2)19(18-10)7-3-6-17-15(21)13-9-12(16)4-5-14(13)20/h4-5,8-9,20H,3,6-7H2,1-2H3,(H,17,21). The average Bonchev–Trinajstić information content (AvgIpc) is 2.75. The first kappa shape index (κ1) is 15.4. The number of phenols is 1. The molecule has 0 saturated carbocycles. The van der Waals surface area contributed by atoms with Crippen LogP contribution in [0.5, 0.6) is 5.75 Å². The number of benzene rings is 1. The summed E-state index contributed by atoms with van der Waals surface area (Å²) < 4.78 is 1.92. The van der Waals surface area contributed by atoms with E-state index in [1.807, 2.05) is 24.6 Å². The molecule has 6 heteroatoms. The van der Waals surface area contributed by atoms with Gasteiger partial charge in [-0.3, -0.25) is 9.48 Å².